The molecule has 1 aliphatic rings. The van der Waals surface area contributed by atoms with E-state index in [1.54, 1.807) is 0 Å². The highest BCUT2D eigenvalue weighted by Gasteiger charge is 2.24. The van der Waals surface area contributed by atoms with Crippen LogP contribution >= 0.6 is 0 Å². The molecular weight excluding hydrogens is 202 g/mol. The quantitative estimate of drug-likeness (QED) is 0.772. The summed E-state index contributed by atoms with van der Waals surface area (Å²) in [5, 5.41) is 4.12. The Kier molecular flexibility index (Phi) is 2.17. The lowest BCUT2D eigenvalue weighted by molar-refractivity contribution is 0.223. The SMILES string of the molecule is CCOc1onc2c1CCc1ccccc1-2. The first-order chi connectivity index (χ1) is 7.90. The minimum absolute atomic E-state index is 0.590. The van der Waals surface area contributed by atoms with E-state index in [-0.39, 0.29) is 0 Å². The number of benzene rings is 1. The average Bonchev–Trinajstić information content (AvgIpc) is 2.73. The number of aromatic nitrogens is 1. The molecule has 1 heterocycles. The van der Waals surface area contributed by atoms with Crippen LogP contribution in [0.2, 0.25) is 0 Å². The molecule has 2 aromatic rings. The molecule has 1 aromatic heterocycles. The van der Waals surface area contributed by atoms with Crippen molar-refractivity contribution in [3.05, 3.63) is 35.4 Å². The second-order valence-corrected chi connectivity index (χ2v) is 3.89. The average molecular weight is 215 g/mol. The summed E-state index contributed by atoms with van der Waals surface area (Å²) >= 11 is 0. The monoisotopic (exact) mass is 215 g/mol. The molecule has 0 unspecified atom stereocenters. The van der Waals surface area contributed by atoms with Crippen LogP contribution in [0.5, 0.6) is 5.95 Å². The van der Waals surface area contributed by atoms with E-state index in [1.165, 1.54) is 11.1 Å². The summed E-state index contributed by atoms with van der Waals surface area (Å²) in [6.07, 6.45) is 1.98. The highest BCUT2D eigenvalue weighted by molar-refractivity contribution is 5.70. The van der Waals surface area contributed by atoms with E-state index < -0.39 is 0 Å². The highest BCUT2D eigenvalue weighted by Crippen LogP contribution is 2.37. The predicted octanol–water partition coefficient (Wildman–Crippen LogP) is 2.84. The first-order valence-electron chi connectivity index (χ1n) is 5.59. The van der Waals surface area contributed by atoms with Crippen LogP contribution in [0.3, 0.4) is 0 Å². The molecule has 82 valence electrons. The third-order valence-electron chi connectivity index (χ3n) is 2.94. The van der Waals surface area contributed by atoms with E-state index >= 15 is 0 Å². The van der Waals surface area contributed by atoms with Gasteiger partial charge in [0.25, 0.3) is 0 Å². The summed E-state index contributed by atoms with van der Waals surface area (Å²) in [5.41, 5.74) is 4.58. The zero-order valence-corrected chi connectivity index (χ0v) is 9.19. The Hall–Kier alpha value is -1.77. The van der Waals surface area contributed by atoms with Crippen LogP contribution in [0.4, 0.5) is 0 Å². The number of hydrogen-bond acceptors (Lipinski definition) is 3. The van der Waals surface area contributed by atoms with Gasteiger partial charge in [-0.3, -0.25) is 0 Å². The van der Waals surface area contributed by atoms with Gasteiger partial charge in [0, 0.05) is 5.56 Å². The zero-order valence-electron chi connectivity index (χ0n) is 9.19. The second kappa shape index (κ2) is 3.67. The van der Waals surface area contributed by atoms with E-state index in [9.17, 15) is 0 Å². The third kappa shape index (κ3) is 1.32. The van der Waals surface area contributed by atoms with Gasteiger partial charge in [-0.2, -0.15) is 0 Å². The smallest absolute Gasteiger partial charge is 0.315 e. The third-order valence-corrected chi connectivity index (χ3v) is 2.94. The van der Waals surface area contributed by atoms with E-state index in [1.807, 2.05) is 13.0 Å². The van der Waals surface area contributed by atoms with Gasteiger partial charge in [0.05, 0.1) is 12.2 Å². The van der Waals surface area contributed by atoms with Crippen LogP contribution in [0, 0.1) is 0 Å². The Bertz CT molecular complexity index is 516. The first-order valence-corrected chi connectivity index (χ1v) is 5.59. The maximum atomic E-state index is 5.43. The summed E-state index contributed by atoms with van der Waals surface area (Å²) in [4.78, 5) is 0. The van der Waals surface area contributed by atoms with Gasteiger partial charge in [-0.25, -0.2) is 0 Å². The molecule has 3 nitrogen and oxygen atoms in total. The van der Waals surface area contributed by atoms with Crippen molar-refractivity contribution in [2.75, 3.05) is 6.61 Å². The molecule has 0 radical (unpaired) electrons. The van der Waals surface area contributed by atoms with Crippen LogP contribution in [0.25, 0.3) is 11.3 Å². The lowest BCUT2D eigenvalue weighted by Gasteiger charge is -2.14. The number of aryl methyl sites for hydroxylation is 1. The van der Waals surface area contributed by atoms with Crippen molar-refractivity contribution < 1.29 is 9.26 Å². The molecule has 0 aliphatic heterocycles. The van der Waals surface area contributed by atoms with Crippen LogP contribution in [0.15, 0.2) is 28.8 Å². The van der Waals surface area contributed by atoms with Gasteiger partial charge in [0.1, 0.15) is 5.69 Å². The Morgan fingerprint density at radius 3 is 3.06 bits per heavy atom. The summed E-state index contributed by atoms with van der Waals surface area (Å²) in [6, 6.07) is 8.33. The van der Waals surface area contributed by atoms with Crippen molar-refractivity contribution in [3.63, 3.8) is 0 Å². The first kappa shape index (κ1) is 9.46. The fourth-order valence-corrected chi connectivity index (χ4v) is 2.20. The molecule has 3 rings (SSSR count). The molecule has 0 saturated heterocycles. The van der Waals surface area contributed by atoms with Crippen LogP contribution in [-0.4, -0.2) is 11.8 Å². The van der Waals surface area contributed by atoms with Crippen molar-refractivity contribution >= 4 is 0 Å². The van der Waals surface area contributed by atoms with Crippen LogP contribution in [0.1, 0.15) is 18.1 Å². The Morgan fingerprint density at radius 2 is 2.19 bits per heavy atom. The molecule has 0 saturated carbocycles. The van der Waals surface area contributed by atoms with E-state index in [0.717, 1.165) is 24.1 Å². The molecule has 0 N–H and O–H groups in total. The molecule has 16 heavy (non-hydrogen) atoms. The summed E-state index contributed by atoms with van der Waals surface area (Å²) in [7, 11) is 0. The topological polar surface area (TPSA) is 35.3 Å². The standard InChI is InChI=1S/C13H13NO2/c1-2-15-13-11-8-7-9-5-3-4-6-10(9)12(11)14-16-13/h3-6H,2,7-8H2,1H3. The van der Waals surface area contributed by atoms with Gasteiger partial charge >= 0.3 is 5.95 Å². The molecule has 0 fully saturated rings. The van der Waals surface area contributed by atoms with E-state index in [4.69, 9.17) is 9.26 Å². The Morgan fingerprint density at radius 1 is 1.31 bits per heavy atom. The van der Waals surface area contributed by atoms with Gasteiger partial charge in [-0.15, -0.1) is 0 Å². The Labute approximate surface area is 94.0 Å². The fraction of sp³-hybridized carbons (Fsp3) is 0.308. The van der Waals surface area contributed by atoms with Crippen LogP contribution in [-0.2, 0) is 12.8 Å². The van der Waals surface area contributed by atoms with Gasteiger partial charge in [-0.05, 0) is 25.3 Å². The molecule has 1 aliphatic carbocycles. The van der Waals surface area contributed by atoms with Gasteiger partial charge < -0.3 is 9.26 Å². The van der Waals surface area contributed by atoms with E-state index in [0.29, 0.717) is 12.6 Å². The number of rotatable bonds is 2. The van der Waals surface area contributed by atoms with Gasteiger partial charge in [-0.1, -0.05) is 29.4 Å². The van der Waals surface area contributed by atoms with Crippen molar-refractivity contribution in [2.45, 2.75) is 19.8 Å². The molecular formula is C13H13NO2. The molecule has 3 heteroatoms. The maximum Gasteiger partial charge on any atom is 0.315 e. The van der Waals surface area contributed by atoms with Crippen LogP contribution < -0.4 is 4.74 Å². The zero-order chi connectivity index (χ0) is 11.0. The van der Waals surface area contributed by atoms with Crippen molar-refractivity contribution in [3.8, 4) is 17.2 Å². The van der Waals surface area contributed by atoms with Crippen molar-refractivity contribution in [1.29, 1.82) is 0 Å². The summed E-state index contributed by atoms with van der Waals surface area (Å²) < 4.78 is 10.7. The van der Waals surface area contributed by atoms with Gasteiger partial charge in [0.15, 0.2) is 0 Å². The Balaban J connectivity index is 2.12. The molecule has 0 amide bonds. The van der Waals surface area contributed by atoms with E-state index in [2.05, 4.69) is 23.4 Å². The number of hydrogen-bond donors (Lipinski definition) is 0. The summed E-state index contributed by atoms with van der Waals surface area (Å²) in [5.74, 6) is 0.590. The van der Waals surface area contributed by atoms with Gasteiger partial charge in [0.2, 0.25) is 0 Å². The van der Waals surface area contributed by atoms with Crippen molar-refractivity contribution in [1.82, 2.24) is 5.16 Å². The second-order valence-electron chi connectivity index (χ2n) is 3.89. The largest absolute Gasteiger partial charge is 0.464 e. The van der Waals surface area contributed by atoms with Crippen molar-refractivity contribution in [2.24, 2.45) is 0 Å². The lowest BCUT2D eigenvalue weighted by atomic mass is 9.90. The minimum Gasteiger partial charge on any atom is -0.464 e. The molecule has 0 bridgehead atoms. The fourth-order valence-electron chi connectivity index (χ4n) is 2.20. The minimum atomic E-state index is 0.590. The summed E-state index contributed by atoms with van der Waals surface area (Å²) in [6.45, 7) is 2.56. The highest BCUT2D eigenvalue weighted by atomic mass is 16.6. The number of ether oxygens (including phenoxy) is 1. The lowest BCUT2D eigenvalue weighted by Crippen LogP contribution is -2.04. The predicted molar refractivity (Wildman–Crippen MR) is 60.5 cm³/mol. The molecule has 0 atom stereocenters. The normalized spacial score (nSPS) is 13.1. The number of fused-ring (bicyclic) bond motifs is 3. The molecule has 0 spiro atoms. The maximum absolute atomic E-state index is 5.43. The number of nitrogens with zero attached hydrogens (tertiary/aromatic N) is 1. The molecule has 1 aromatic carbocycles.